The minimum Gasteiger partial charge on any atom is -0.491 e. The van der Waals surface area contributed by atoms with E-state index in [1.54, 1.807) is 18.2 Å². The van der Waals surface area contributed by atoms with Gasteiger partial charge in [0.25, 0.3) is 0 Å². The van der Waals surface area contributed by atoms with Crippen LogP contribution in [0.3, 0.4) is 0 Å². The standard InChI is InChI=1S/C15H22N2O4/c1-11(2)16-14(18)10-17(3)8-9-21-13-7-5-4-6-12(13)15(19)20/h4-7,11H,8-10H2,1-3H3,(H,16,18)(H,19,20). The van der Waals surface area contributed by atoms with Gasteiger partial charge in [0, 0.05) is 12.6 Å². The van der Waals surface area contributed by atoms with E-state index in [2.05, 4.69) is 5.32 Å². The third-order valence-electron chi connectivity index (χ3n) is 2.71. The normalized spacial score (nSPS) is 10.7. The maximum atomic E-state index is 11.6. The van der Waals surface area contributed by atoms with Gasteiger partial charge in [-0.3, -0.25) is 9.69 Å². The first-order valence-corrected chi connectivity index (χ1v) is 6.83. The van der Waals surface area contributed by atoms with Crippen LogP contribution in [0.4, 0.5) is 0 Å². The highest BCUT2D eigenvalue weighted by atomic mass is 16.5. The van der Waals surface area contributed by atoms with Crippen LogP contribution >= 0.6 is 0 Å². The van der Waals surface area contributed by atoms with Crippen molar-refractivity contribution in [1.82, 2.24) is 10.2 Å². The Balaban J connectivity index is 2.40. The molecular formula is C15H22N2O4. The van der Waals surface area contributed by atoms with Gasteiger partial charge in [0.1, 0.15) is 17.9 Å². The second-order valence-electron chi connectivity index (χ2n) is 5.11. The molecule has 0 atom stereocenters. The quantitative estimate of drug-likeness (QED) is 0.753. The predicted molar refractivity (Wildman–Crippen MR) is 79.7 cm³/mol. The largest absolute Gasteiger partial charge is 0.491 e. The fourth-order valence-electron chi connectivity index (χ4n) is 1.77. The van der Waals surface area contributed by atoms with Crippen molar-refractivity contribution in [2.75, 3.05) is 26.7 Å². The van der Waals surface area contributed by atoms with E-state index in [1.807, 2.05) is 25.8 Å². The number of carboxylic acids is 1. The summed E-state index contributed by atoms with van der Waals surface area (Å²) in [6.45, 7) is 4.94. The van der Waals surface area contributed by atoms with Crippen molar-refractivity contribution >= 4 is 11.9 Å². The van der Waals surface area contributed by atoms with Gasteiger partial charge in [-0.15, -0.1) is 0 Å². The Morgan fingerprint density at radius 2 is 2.00 bits per heavy atom. The van der Waals surface area contributed by atoms with E-state index in [1.165, 1.54) is 6.07 Å². The minimum absolute atomic E-state index is 0.0431. The van der Waals surface area contributed by atoms with Crippen molar-refractivity contribution in [2.24, 2.45) is 0 Å². The Labute approximate surface area is 124 Å². The number of amides is 1. The molecule has 6 heteroatoms. The topological polar surface area (TPSA) is 78.9 Å². The van der Waals surface area contributed by atoms with Crippen LogP contribution in [-0.4, -0.2) is 54.7 Å². The van der Waals surface area contributed by atoms with Gasteiger partial charge in [0.2, 0.25) is 5.91 Å². The minimum atomic E-state index is -1.02. The molecule has 0 bridgehead atoms. The summed E-state index contributed by atoms with van der Waals surface area (Å²) in [4.78, 5) is 24.4. The summed E-state index contributed by atoms with van der Waals surface area (Å²) in [6.07, 6.45) is 0. The Morgan fingerprint density at radius 1 is 1.33 bits per heavy atom. The summed E-state index contributed by atoms with van der Waals surface area (Å²) in [5.41, 5.74) is 0.137. The summed E-state index contributed by atoms with van der Waals surface area (Å²) in [5, 5.41) is 11.8. The van der Waals surface area contributed by atoms with Gasteiger partial charge in [-0.25, -0.2) is 4.79 Å². The fourth-order valence-corrected chi connectivity index (χ4v) is 1.77. The van der Waals surface area contributed by atoms with E-state index in [-0.39, 0.29) is 24.1 Å². The number of carbonyl (C=O) groups excluding carboxylic acids is 1. The number of hydrogen-bond acceptors (Lipinski definition) is 4. The summed E-state index contributed by atoms with van der Waals surface area (Å²) in [6, 6.07) is 6.61. The molecule has 21 heavy (non-hydrogen) atoms. The number of likely N-dealkylation sites (N-methyl/N-ethyl adjacent to an activating group) is 1. The summed E-state index contributed by atoms with van der Waals surface area (Å²) < 4.78 is 5.48. The lowest BCUT2D eigenvalue weighted by molar-refractivity contribution is -0.122. The molecule has 2 N–H and O–H groups in total. The number of aromatic carboxylic acids is 1. The molecule has 1 aromatic rings. The number of carboxylic acid groups (broad SMARTS) is 1. The van der Waals surface area contributed by atoms with E-state index < -0.39 is 5.97 Å². The number of nitrogens with zero attached hydrogens (tertiary/aromatic N) is 1. The van der Waals surface area contributed by atoms with Crippen LogP contribution in [-0.2, 0) is 4.79 Å². The van der Waals surface area contributed by atoms with Gasteiger partial charge in [-0.05, 0) is 33.0 Å². The van der Waals surface area contributed by atoms with Gasteiger partial charge < -0.3 is 15.2 Å². The zero-order valence-corrected chi connectivity index (χ0v) is 12.6. The number of carbonyl (C=O) groups is 2. The van der Waals surface area contributed by atoms with Crippen molar-refractivity contribution in [2.45, 2.75) is 19.9 Å². The number of rotatable bonds is 8. The number of benzene rings is 1. The van der Waals surface area contributed by atoms with Crippen LogP contribution in [0.5, 0.6) is 5.75 Å². The van der Waals surface area contributed by atoms with Crippen LogP contribution in [0.15, 0.2) is 24.3 Å². The van der Waals surface area contributed by atoms with Crippen LogP contribution in [0, 0.1) is 0 Å². The molecule has 0 unspecified atom stereocenters. The van der Waals surface area contributed by atoms with E-state index in [4.69, 9.17) is 9.84 Å². The summed E-state index contributed by atoms with van der Waals surface area (Å²) in [7, 11) is 1.81. The van der Waals surface area contributed by atoms with Crippen molar-refractivity contribution in [3.63, 3.8) is 0 Å². The fraction of sp³-hybridized carbons (Fsp3) is 0.467. The van der Waals surface area contributed by atoms with E-state index >= 15 is 0 Å². The lowest BCUT2D eigenvalue weighted by Crippen LogP contribution is -2.39. The molecule has 0 saturated heterocycles. The third kappa shape index (κ3) is 6.27. The molecule has 0 aliphatic heterocycles. The smallest absolute Gasteiger partial charge is 0.339 e. The second kappa shape index (κ2) is 8.26. The first kappa shape index (κ1) is 17.0. The number of para-hydroxylation sites is 1. The van der Waals surface area contributed by atoms with Crippen LogP contribution in [0.1, 0.15) is 24.2 Å². The Kier molecular flexibility index (Phi) is 6.68. The van der Waals surface area contributed by atoms with Gasteiger partial charge in [-0.1, -0.05) is 12.1 Å². The number of nitrogens with one attached hydrogen (secondary N) is 1. The van der Waals surface area contributed by atoms with Crippen molar-refractivity contribution < 1.29 is 19.4 Å². The molecule has 1 amide bonds. The van der Waals surface area contributed by atoms with Gasteiger partial charge in [0.15, 0.2) is 0 Å². The van der Waals surface area contributed by atoms with E-state index in [9.17, 15) is 9.59 Å². The molecule has 0 aliphatic rings. The van der Waals surface area contributed by atoms with Crippen LogP contribution in [0.25, 0.3) is 0 Å². The molecule has 0 radical (unpaired) electrons. The molecule has 0 aromatic heterocycles. The molecule has 0 saturated carbocycles. The molecule has 0 spiro atoms. The Bertz CT molecular complexity index is 488. The van der Waals surface area contributed by atoms with Gasteiger partial charge in [-0.2, -0.15) is 0 Å². The maximum absolute atomic E-state index is 11.6. The first-order chi connectivity index (χ1) is 9.90. The van der Waals surface area contributed by atoms with Crippen molar-refractivity contribution in [3.8, 4) is 5.75 Å². The third-order valence-corrected chi connectivity index (χ3v) is 2.71. The summed E-state index contributed by atoms with van der Waals surface area (Å²) in [5.74, 6) is -0.723. The molecular weight excluding hydrogens is 272 g/mol. The van der Waals surface area contributed by atoms with Crippen LogP contribution < -0.4 is 10.1 Å². The summed E-state index contributed by atoms with van der Waals surface area (Å²) >= 11 is 0. The van der Waals surface area contributed by atoms with Gasteiger partial charge >= 0.3 is 5.97 Å². The van der Waals surface area contributed by atoms with E-state index in [0.717, 1.165) is 0 Å². The van der Waals surface area contributed by atoms with Crippen molar-refractivity contribution in [3.05, 3.63) is 29.8 Å². The molecule has 1 rings (SSSR count). The molecule has 0 heterocycles. The highest BCUT2D eigenvalue weighted by Crippen LogP contribution is 2.17. The first-order valence-electron chi connectivity index (χ1n) is 6.83. The maximum Gasteiger partial charge on any atom is 0.339 e. The number of hydrogen-bond donors (Lipinski definition) is 2. The highest BCUT2D eigenvalue weighted by molar-refractivity contribution is 5.90. The SMILES string of the molecule is CC(C)NC(=O)CN(C)CCOc1ccccc1C(=O)O. The second-order valence-corrected chi connectivity index (χ2v) is 5.11. The predicted octanol–water partition coefficient (Wildman–Crippen LogP) is 1.22. The zero-order valence-electron chi connectivity index (χ0n) is 12.6. The van der Waals surface area contributed by atoms with Crippen LogP contribution in [0.2, 0.25) is 0 Å². The highest BCUT2D eigenvalue weighted by Gasteiger charge is 2.11. The lowest BCUT2D eigenvalue weighted by Gasteiger charge is -2.18. The Morgan fingerprint density at radius 3 is 2.62 bits per heavy atom. The average Bonchev–Trinajstić information content (AvgIpc) is 2.37. The molecule has 0 aliphatic carbocycles. The molecule has 0 fully saturated rings. The monoisotopic (exact) mass is 294 g/mol. The average molecular weight is 294 g/mol. The van der Waals surface area contributed by atoms with Gasteiger partial charge in [0.05, 0.1) is 6.54 Å². The van der Waals surface area contributed by atoms with E-state index in [0.29, 0.717) is 18.9 Å². The zero-order chi connectivity index (χ0) is 15.8. The lowest BCUT2D eigenvalue weighted by atomic mass is 10.2. The molecule has 116 valence electrons. The molecule has 6 nitrogen and oxygen atoms in total. The molecule has 1 aromatic carbocycles. The Hall–Kier alpha value is -2.08. The number of ether oxygens (including phenoxy) is 1. The van der Waals surface area contributed by atoms with Crippen molar-refractivity contribution in [1.29, 1.82) is 0 Å².